The first-order valence-corrected chi connectivity index (χ1v) is 6.13. The monoisotopic (exact) mass is 306 g/mol. The van der Waals surface area contributed by atoms with Gasteiger partial charge in [-0.2, -0.15) is 13.2 Å². The van der Waals surface area contributed by atoms with E-state index in [2.05, 4.69) is 0 Å². The molecule has 6 nitrogen and oxygen atoms in total. The van der Waals surface area contributed by atoms with Crippen LogP contribution in [0.25, 0.3) is 0 Å². The lowest BCUT2D eigenvalue weighted by Gasteiger charge is -2.31. The Morgan fingerprint density at radius 1 is 1.43 bits per heavy atom. The summed E-state index contributed by atoms with van der Waals surface area (Å²) in [7, 11) is 0. The molecule has 0 spiro atoms. The van der Waals surface area contributed by atoms with Crippen molar-refractivity contribution in [3.05, 3.63) is 24.0 Å². The Kier molecular flexibility index (Phi) is 4.21. The van der Waals surface area contributed by atoms with Gasteiger partial charge in [-0.1, -0.05) is 0 Å². The topological polar surface area (TPSA) is 71.8 Å². The number of rotatable bonds is 3. The van der Waals surface area contributed by atoms with Crippen molar-refractivity contribution in [1.29, 1.82) is 0 Å². The van der Waals surface area contributed by atoms with E-state index < -0.39 is 30.7 Å². The average molecular weight is 306 g/mol. The number of carboxylic acid groups (broad SMARTS) is 1. The molecule has 0 radical (unpaired) electrons. The van der Waals surface area contributed by atoms with E-state index in [1.54, 1.807) is 0 Å². The van der Waals surface area contributed by atoms with Gasteiger partial charge in [-0.05, 0) is 12.1 Å². The highest BCUT2D eigenvalue weighted by Crippen LogP contribution is 2.20. The zero-order chi connectivity index (χ0) is 15.6. The Morgan fingerprint density at radius 3 is 2.76 bits per heavy atom. The third-order valence-corrected chi connectivity index (χ3v) is 3.03. The fraction of sp³-hybridized carbons (Fsp3) is 0.500. The molecule has 1 aromatic heterocycles. The largest absolute Gasteiger partial charge is 0.479 e. The van der Waals surface area contributed by atoms with Crippen LogP contribution in [0.2, 0.25) is 0 Å². The highest BCUT2D eigenvalue weighted by Gasteiger charge is 2.33. The Morgan fingerprint density at radius 2 is 2.14 bits per heavy atom. The molecule has 0 aromatic carbocycles. The van der Waals surface area contributed by atoms with Crippen molar-refractivity contribution >= 4 is 11.9 Å². The molecule has 1 fully saturated rings. The van der Waals surface area contributed by atoms with E-state index in [4.69, 9.17) is 9.84 Å². The average Bonchev–Trinajstić information content (AvgIpc) is 2.83. The molecule has 1 amide bonds. The van der Waals surface area contributed by atoms with Crippen molar-refractivity contribution < 1.29 is 32.6 Å². The predicted octanol–water partition coefficient (Wildman–Crippen LogP) is 0.976. The molecule has 9 heteroatoms. The molecule has 21 heavy (non-hydrogen) atoms. The maximum atomic E-state index is 12.4. The molecule has 0 saturated carbocycles. The molecular formula is C12H13F3N2O4. The molecule has 0 bridgehead atoms. The number of carboxylic acids is 1. The van der Waals surface area contributed by atoms with E-state index in [1.165, 1.54) is 17.0 Å². The summed E-state index contributed by atoms with van der Waals surface area (Å²) in [6.07, 6.45) is -4.44. The van der Waals surface area contributed by atoms with E-state index in [9.17, 15) is 22.8 Å². The highest BCUT2D eigenvalue weighted by atomic mass is 19.4. The number of halogens is 3. The summed E-state index contributed by atoms with van der Waals surface area (Å²) < 4.78 is 43.1. The molecule has 0 aliphatic carbocycles. The third kappa shape index (κ3) is 3.75. The van der Waals surface area contributed by atoms with Crippen molar-refractivity contribution in [3.63, 3.8) is 0 Å². The summed E-state index contributed by atoms with van der Waals surface area (Å²) in [6.45, 7) is -1.29. The van der Waals surface area contributed by atoms with Crippen LogP contribution in [-0.4, -0.2) is 58.4 Å². The van der Waals surface area contributed by atoms with Gasteiger partial charge in [0, 0.05) is 12.7 Å². The molecule has 1 aliphatic heterocycles. The first-order valence-electron chi connectivity index (χ1n) is 6.13. The lowest BCUT2D eigenvalue weighted by Crippen LogP contribution is -2.49. The number of aliphatic carboxylic acids is 1. The number of ether oxygens (including phenoxy) is 1. The van der Waals surface area contributed by atoms with E-state index in [0.29, 0.717) is 0 Å². The standard InChI is InChI=1S/C12H13F3N2O4/c13-12(14,15)7-17-3-1-2-8(17)10(18)16-4-5-21-9(6-16)11(19)20/h1-3,9H,4-7H2,(H,19,20). The van der Waals surface area contributed by atoms with Gasteiger partial charge in [0.1, 0.15) is 12.2 Å². The normalized spacial score (nSPS) is 19.6. The number of hydrogen-bond donors (Lipinski definition) is 1. The van der Waals surface area contributed by atoms with Crippen LogP contribution in [0.3, 0.4) is 0 Å². The minimum atomic E-state index is -4.44. The molecule has 1 N–H and O–H groups in total. The lowest BCUT2D eigenvalue weighted by atomic mass is 10.2. The second kappa shape index (κ2) is 5.76. The number of carbonyl (C=O) groups is 2. The fourth-order valence-electron chi connectivity index (χ4n) is 2.08. The Balaban J connectivity index is 2.13. The SMILES string of the molecule is O=C(O)C1CN(C(=O)c2cccn2CC(F)(F)F)CCO1. The molecule has 1 aromatic rings. The number of hydrogen-bond acceptors (Lipinski definition) is 3. The molecule has 116 valence electrons. The van der Waals surface area contributed by atoms with Crippen LogP contribution in [0.1, 0.15) is 10.5 Å². The number of amides is 1. The number of alkyl halides is 3. The third-order valence-electron chi connectivity index (χ3n) is 3.03. The highest BCUT2D eigenvalue weighted by molar-refractivity contribution is 5.93. The maximum absolute atomic E-state index is 12.4. The van der Waals surface area contributed by atoms with E-state index in [0.717, 1.165) is 10.8 Å². The van der Waals surface area contributed by atoms with Crippen LogP contribution in [0.4, 0.5) is 13.2 Å². The maximum Gasteiger partial charge on any atom is 0.406 e. The second-order valence-electron chi connectivity index (χ2n) is 4.59. The van der Waals surface area contributed by atoms with Gasteiger partial charge in [0.25, 0.3) is 5.91 Å². The summed E-state index contributed by atoms with van der Waals surface area (Å²) in [5.74, 6) is -1.85. The summed E-state index contributed by atoms with van der Waals surface area (Å²) in [5.41, 5.74) is -0.127. The van der Waals surface area contributed by atoms with Gasteiger partial charge >= 0.3 is 12.1 Å². The zero-order valence-corrected chi connectivity index (χ0v) is 10.8. The summed E-state index contributed by atoms with van der Waals surface area (Å²) in [5, 5.41) is 8.86. The smallest absolute Gasteiger partial charge is 0.406 e. The minimum Gasteiger partial charge on any atom is -0.479 e. The Labute approximate surface area is 117 Å². The molecule has 1 saturated heterocycles. The van der Waals surface area contributed by atoms with E-state index >= 15 is 0 Å². The molecular weight excluding hydrogens is 293 g/mol. The van der Waals surface area contributed by atoms with Crippen molar-refractivity contribution in [2.24, 2.45) is 0 Å². The Bertz CT molecular complexity index is 541. The van der Waals surface area contributed by atoms with Crippen LogP contribution < -0.4 is 0 Å². The van der Waals surface area contributed by atoms with E-state index in [1.807, 2.05) is 0 Å². The Hall–Kier alpha value is -2.03. The van der Waals surface area contributed by atoms with Crippen LogP contribution in [0, 0.1) is 0 Å². The first kappa shape index (κ1) is 15.4. The minimum absolute atomic E-state index is 0.0304. The van der Waals surface area contributed by atoms with Gasteiger partial charge in [-0.15, -0.1) is 0 Å². The zero-order valence-electron chi connectivity index (χ0n) is 10.8. The van der Waals surface area contributed by atoms with Gasteiger partial charge < -0.3 is 19.3 Å². The van der Waals surface area contributed by atoms with Gasteiger partial charge in [0.05, 0.1) is 13.2 Å². The molecule has 1 unspecified atom stereocenters. The predicted molar refractivity (Wildman–Crippen MR) is 63.8 cm³/mol. The van der Waals surface area contributed by atoms with Crippen LogP contribution in [0.5, 0.6) is 0 Å². The number of carbonyl (C=O) groups excluding carboxylic acids is 1. The summed E-state index contributed by atoms with van der Waals surface area (Å²) >= 11 is 0. The van der Waals surface area contributed by atoms with Crippen molar-refractivity contribution in [2.45, 2.75) is 18.8 Å². The number of nitrogens with zero attached hydrogens (tertiary/aromatic N) is 2. The van der Waals surface area contributed by atoms with Crippen molar-refractivity contribution in [2.75, 3.05) is 19.7 Å². The summed E-state index contributed by atoms with van der Waals surface area (Å²) in [6, 6.07) is 2.62. The van der Waals surface area contributed by atoms with Crippen LogP contribution in [-0.2, 0) is 16.1 Å². The van der Waals surface area contributed by atoms with Gasteiger partial charge in [0.2, 0.25) is 0 Å². The van der Waals surface area contributed by atoms with Crippen molar-refractivity contribution in [1.82, 2.24) is 9.47 Å². The van der Waals surface area contributed by atoms with E-state index in [-0.39, 0.29) is 25.4 Å². The molecule has 1 atom stereocenters. The number of morpholine rings is 1. The lowest BCUT2D eigenvalue weighted by molar-refractivity contribution is -0.154. The molecule has 2 heterocycles. The van der Waals surface area contributed by atoms with Gasteiger partial charge in [0.15, 0.2) is 6.10 Å². The fourth-order valence-corrected chi connectivity index (χ4v) is 2.08. The van der Waals surface area contributed by atoms with Crippen LogP contribution >= 0.6 is 0 Å². The van der Waals surface area contributed by atoms with Crippen LogP contribution in [0.15, 0.2) is 18.3 Å². The summed E-state index contributed by atoms with van der Waals surface area (Å²) in [4.78, 5) is 24.3. The molecule has 1 aliphatic rings. The quantitative estimate of drug-likeness (QED) is 0.903. The number of aromatic nitrogens is 1. The van der Waals surface area contributed by atoms with Gasteiger partial charge in [-0.25, -0.2) is 4.79 Å². The second-order valence-corrected chi connectivity index (χ2v) is 4.59. The van der Waals surface area contributed by atoms with Gasteiger partial charge in [-0.3, -0.25) is 4.79 Å². The molecule has 2 rings (SSSR count). The first-order chi connectivity index (χ1) is 9.78. The van der Waals surface area contributed by atoms with Crippen molar-refractivity contribution in [3.8, 4) is 0 Å².